The molecular formula is C12H12ClN3O2. The number of nitrogens with one attached hydrogen (secondary N) is 1. The number of carbonyl (C=O) groups is 1. The third-order valence-corrected chi connectivity index (χ3v) is 2.55. The van der Waals surface area contributed by atoms with E-state index in [1.54, 1.807) is 37.5 Å². The number of ether oxygens (including phenoxy) is 1. The minimum Gasteiger partial charge on any atom is -0.479 e. The average Bonchev–Trinajstić information content (AvgIpc) is 2.70. The zero-order valence-electron chi connectivity index (χ0n) is 9.98. The van der Waals surface area contributed by atoms with Crippen LogP contribution >= 0.6 is 11.6 Å². The monoisotopic (exact) mass is 265 g/mol. The van der Waals surface area contributed by atoms with Gasteiger partial charge in [0.15, 0.2) is 0 Å². The largest absolute Gasteiger partial charge is 0.479 e. The lowest BCUT2D eigenvalue weighted by Gasteiger charge is -2.04. The van der Waals surface area contributed by atoms with Gasteiger partial charge < -0.3 is 10.1 Å². The molecule has 0 fully saturated rings. The van der Waals surface area contributed by atoms with E-state index in [1.807, 2.05) is 0 Å². The molecule has 0 unspecified atom stereocenters. The number of nitrogens with zero attached hydrogens (tertiary/aromatic N) is 2. The predicted octanol–water partition coefficient (Wildman–Crippen LogP) is 2.33. The van der Waals surface area contributed by atoms with Gasteiger partial charge in [0, 0.05) is 24.0 Å². The molecule has 5 nitrogen and oxygen atoms in total. The van der Waals surface area contributed by atoms with Crippen molar-refractivity contribution in [1.29, 1.82) is 0 Å². The quantitative estimate of drug-likeness (QED) is 0.927. The zero-order valence-corrected chi connectivity index (χ0v) is 10.7. The molecule has 1 aromatic carbocycles. The summed E-state index contributed by atoms with van der Waals surface area (Å²) in [6.45, 7) is 0. The van der Waals surface area contributed by atoms with E-state index in [9.17, 15) is 4.79 Å². The molecule has 94 valence electrons. The molecule has 1 amide bonds. The van der Waals surface area contributed by atoms with Crippen molar-refractivity contribution in [3.8, 4) is 5.88 Å². The second-order valence-corrected chi connectivity index (χ2v) is 4.13. The third kappa shape index (κ3) is 2.62. The number of amides is 1. The lowest BCUT2D eigenvalue weighted by Crippen LogP contribution is -2.12. The van der Waals surface area contributed by atoms with E-state index < -0.39 is 0 Å². The molecule has 0 spiro atoms. The number of hydrogen-bond acceptors (Lipinski definition) is 3. The molecule has 1 aromatic heterocycles. The van der Waals surface area contributed by atoms with Gasteiger partial charge in [-0.2, -0.15) is 0 Å². The summed E-state index contributed by atoms with van der Waals surface area (Å²) in [5, 5.41) is 7.31. The number of aryl methyl sites for hydroxylation is 1. The third-order valence-electron chi connectivity index (χ3n) is 2.32. The summed E-state index contributed by atoms with van der Waals surface area (Å²) in [6, 6.07) is 6.93. The summed E-state index contributed by atoms with van der Waals surface area (Å²) in [7, 11) is 3.19. The van der Waals surface area contributed by atoms with E-state index in [0.717, 1.165) is 0 Å². The van der Waals surface area contributed by atoms with Crippen molar-refractivity contribution in [2.24, 2.45) is 7.05 Å². The van der Waals surface area contributed by atoms with Crippen LogP contribution in [-0.2, 0) is 7.05 Å². The Balaban J connectivity index is 2.21. The number of methoxy groups -OCH3 is 1. The van der Waals surface area contributed by atoms with Crippen LogP contribution in [-0.4, -0.2) is 22.8 Å². The molecule has 0 atom stereocenters. The van der Waals surface area contributed by atoms with Crippen LogP contribution in [0, 0.1) is 0 Å². The van der Waals surface area contributed by atoms with Crippen LogP contribution in [0.15, 0.2) is 30.5 Å². The first kappa shape index (κ1) is 12.4. The van der Waals surface area contributed by atoms with Gasteiger partial charge in [-0.25, -0.2) is 0 Å². The van der Waals surface area contributed by atoms with Crippen LogP contribution in [0.25, 0.3) is 0 Å². The maximum Gasteiger partial charge on any atom is 0.262 e. The number of carbonyl (C=O) groups excluding carboxylic acids is 1. The molecule has 0 aliphatic carbocycles. The lowest BCUT2D eigenvalue weighted by molar-refractivity contribution is 0.102. The summed E-state index contributed by atoms with van der Waals surface area (Å²) in [4.78, 5) is 12.0. The van der Waals surface area contributed by atoms with Crippen molar-refractivity contribution in [3.05, 3.63) is 41.0 Å². The van der Waals surface area contributed by atoms with E-state index in [2.05, 4.69) is 10.4 Å². The Kier molecular flexibility index (Phi) is 3.53. The summed E-state index contributed by atoms with van der Waals surface area (Å²) in [5.74, 6) is -0.000699. The molecule has 1 heterocycles. The highest BCUT2D eigenvalue weighted by Crippen LogP contribution is 2.19. The lowest BCUT2D eigenvalue weighted by atomic mass is 10.3. The van der Waals surface area contributed by atoms with Crippen molar-refractivity contribution >= 4 is 23.2 Å². The highest BCUT2D eigenvalue weighted by molar-refractivity contribution is 6.31. The smallest absolute Gasteiger partial charge is 0.262 e. The van der Waals surface area contributed by atoms with E-state index in [-0.39, 0.29) is 11.8 Å². The van der Waals surface area contributed by atoms with Gasteiger partial charge in [-0.3, -0.25) is 9.48 Å². The van der Waals surface area contributed by atoms with Gasteiger partial charge in [0.2, 0.25) is 5.88 Å². The van der Waals surface area contributed by atoms with Crippen LogP contribution in [0.5, 0.6) is 5.88 Å². The van der Waals surface area contributed by atoms with Crippen molar-refractivity contribution in [1.82, 2.24) is 9.78 Å². The first-order chi connectivity index (χ1) is 8.60. The predicted molar refractivity (Wildman–Crippen MR) is 69.2 cm³/mol. The Hall–Kier alpha value is -2.01. The van der Waals surface area contributed by atoms with Crippen LogP contribution in [0.4, 0.5) is 5.69 Å². The van der Waals surface area contributed by atoms with Gasteiger partial charge in [-0.15, -0.1) is 5.10 Å². The van der Waals surface area contributed by atoms with Crippen molar-refractivity contribution in [2.45, 2.75) is 0 Å². The Morgan fingerprint density at radius 3 is 2.94 bits per heavy atom. The van der Waals surface area contributed by atoms with Gasteiger partial charge in [-0.1, -0.05) is 17.7 Å². The van der Waals surface area contributed by atoms with Crippen LogP contribution in [0.3, 0.4) is 0 Å². The minimum absolute atomic E-state index is 0.289. The molecule has 0 aliphatic rings. The van der Waals surface area contributed by atoms with Crippen LogP contribution in [0.1, 0.15) is 10.4 Å². The maximum absolute atomic E-state index is 12.0. The molecule has 18 heavy (non-hydrogen) atoms. The number of hydrogen-bond donors (Lipinski definition) is 1. The van der Waals surface area contributed by atoms with Crippen molar-refractivity contribution in [3.63, 3.8) is 0 Å². The SMILES string of the molecule is COc1nn(C)cc1C(=O)Nc1cccc(Cl)c1. The van der Waals surface area contributed by atoms with Gasteiger partial charge >= 0.3 is 0 Å². The van der Waals surface area contributed by atoms with Gasteiger partial charge in [0.1, 0.15) is 5.56 Å². The number of aromatic nitrogens is 2. The minimum atomic E-state index is -0.290. The van der Waals surface area contributed by atoms with E-state index in [4.69, 9.17) is 16.3 Å². The maximum atomic E-state index is 12.0. The average molecular weight is 266 g/mol. The van der Waals surface area contributed by atoms with Gasteiger partial charge in [-0.05, 0) is 18.2 Å². The zero-order chi connectivity index (χ0) is 13.1. The van der Waals surface area contributed by atoms with Crippen LogP contribution in [0.2, 0.25) is 5.02 Å². The number of anilines is 1. The standard InChI is InChI=1S/C12H12ClN3O2/c1-16-7-10(12(15-16)18-2)11(17)14-9-5-3-4-8(13)6-9/h3-7H,1-2H3,(H,14,17). The fraction of sp³-hybridized carbons (Fsp3) is 0.167. The Morgan fingerprint density at radius 1 is 1.50 bits per heavy atom. The van der Waals surface area contributed by atoms with Gasteiger partial charge in [0.05, 0.1) is 7.11 Å². The second-order valence-electron chi connectivity index (χ2n) is 3.69. The molecule has 1 N–H and O–H groups in total. The first-order valence-corrected chi connectivity index (χ1v) is 5.62. The Bertz CT molecular complexity index is 580. The fourth-order valence-corrected chi connectivity index (χ4v) is 1.73. The van der Waals surface area contributed by atoms with Crippen molar-refractivity contribution < 1.29 is 9.53 Å². The Morgan fingerprint density at radius 2 is 2.28 bits per heavy atom. The van der Waals surface area contributed by atoms with E-state index in [1.165, 1.54) is 11.8 Å². The first-order valence-electron chi connectivity index (χ1n) is 5.24. The summed E-state index contributed by atoms with van der Waals surface area (Å²) in [5.41, 5.74) is 0.999. The molecule has 0 bridgehead atoms. The fourth-order valence-electron chi connectivity index (χ4n) is 1.54. The summed E-state index contributed by atoms with van der Waals surface area (Å²) in [6.07, 6.45) is 1.60. The highest BCUT2D eigenvalue weighted by atomic mass is 35.5. The topological polar surface area (TPSA) is 56.2 Å². The molecule has 0 saturated heterocycles. The normalized spacial score (nSPS) is 10.2. The molecule has 2 rings (SSSR count). The van der Waals surface area contributed by atoms with Crippen molar-refractivity contribution in [2.75, 3.05) is 12.4 Å². The van der Waals surface area contributed by atoms with Gasteiger partial charge in [0.25, 0.3) is 5.91 Å². The second kappa shape index (κ2) is 5.10. The molecular weight excluding hydrogens is 254 g/mol. The Labute approximate surface area is 109 Å². The number of halogens is 1. The highest BCUT2D eigenvalue weighted by Gasteiger charge is 2.16. The van der Waals surface area contributed by atoms with E-state index >= 15 is 0 Å². The molecule has 0 aliphatic heterocycles. The molecule has 2 aromatic rings. The number of benzene rings is 1. The van der Waals surface area contributed by atoms with E-state index in [0.29, 0.717) is 16.3 Å². The summed E-state index contributed by atoms with van der Waals surface area (Å²) >= 11 is 5.84. The van der Waals surface area contributed by atoms with Crippen LogP contribution < -0.4 is 10.1 Å². The molecule has 0 radical (unpaired) electrons. The molecule has 6 heteroatoms. The molecule has 0 saturated carbocycles. The summed E-state index contributed by atoms with van der Waals surface area (Å²) < 4.78 is 6.55. The number of rotatable bonds is 3.